The highest BCUT2D eigenvalue weighted by Gasteiger charge is 2.30. The number of nitrogens with zero attached hydrogens (tertiary/aromatic N) is 2. The van der Waals surface area contributed by atoms with Gasteiger partial charge in [0.15, 0.2) is 0 Å². The highest BCUT2D eigenvalue weighted by Crippen LogP contribution is 2.27. The molecular weight excluding hydrogens is 286 g/mol. The second-order valence-electron chi connectivity index (χ2n) is 5.12. The number of ether oxygens (including phenoxy) is 1. The summed E-state index contributed by atoms with van der Waals surface area (Å²) in [4.78, 5) is 17.2. The number of H-pyrrole nitrogens is 1. The summed E-state index contributed by atoms with van der Waals surface area (Å²) in [5, 5.41) is 12.9. The molecule has 3 heterocycles. The Morgan fingerprint density at radius 3 is 3.10 bits per heavy atom. The standard InChI is InChI=1S/C15H15N3O2S/c1-10-7-18(8-14(20-10)12-2-3-21-9-12)15(19)13-4-11(5-16)6-17-13/h2-4,6,9-10,14,17H,7-8H2,1H3/t10-,14-/m0/s1. The van der Waals surface area contributed by atoms with Crippen LogP contribution in [0.4, 0.5) is 0 Å². The number of rotatable bonds is 2. The van der Waals surface area contributed by atoms with Gasteiger partial charge < -0.3 is 14.6 Å². The number of carbonyl (C=O) groups excluding carboxylic acids is 1. The molecule has 1 amide bonds. The predicted octanol–water partition coefficient (Wildman–Crippen LogP) is 2.55. The zero-order valence-electron chi connectivity index (χ0n) is 11.6. The first-order valence-corrected chi connectivity index (χ1v) is 7.67. The summed E-state index contributed by atoms with van der Waals surface area (Å²) < 4.78 is 5.92. The monoisotopic (exact) mass is 301 g/mol. The SMILES string of the molecule is C[C@H]1CN(C(=O)c2cc(C#N)c[nH]2)C[C@@H](c2ccsc2)O1. The lowest BCUT2D eigenvalue weighted by atomic mass is 10.1. The summed E-state index contributed by atoms with van der Waals surface area (Å²) in [6, 6.07) is 5.63. The number of nitriles is 1. The van der Waals surface area contributed by atoms with Gasteiger partial charge in [0, 0.05) is 12.7 Å². The van der Waals surface area contributed by atoms with E-state index in [0.717, 1.165) is 5.56 Å². The van der Waals surface area contributed by atoms with Crippen molar-refractivity contribution in [1.29, 1.82) is 5.26 Å². The molecule has 0 aliphatic carbocycles. The lowest BCUT2D eigenvalue weighted by Crippen LogP contribution is -2.46. The van der Waals surface area contributed by atoms with Crippen molar-refractivity contribution in [3.05, 3.63) is 45.9 Å². The molecular formula is C15H15N3O2S. The minimum atomic E-state index is -0.0909. The predicted molar refractivity (Wildman–Crippen MR) is 79.0 cm³/mol. The Balaban J connectivity index is 1.78. The molecule has 1 N–H and O–H groups in total. The minimum absolute atomic E-state index is 0.0157. The van der Waals surface area contributed by atoms with Gasteiger partial charge in [-0.25, -0.2) is 0 Å². The van der Waals surface area contributed by atoms with Crippen molar-refractivity contribution in [2.24, 2.45) is 0 Å². The summed E-state index contributed by atoms with van der Waals surface area (Å²) in [6.45, 7) is 3.05. The first kappa shape index (κ1) is 13.9. The van der Waals surface area contributed by atoms with E-state index in [0.29, 0.717) is 24.3 Å². The van der Waals surface area contributed by atoms with Crippen LogP contribution in [0.25, 0.3) is 0 Å². The number of aromatic amines is 1. The van der Waals surface area contributed by atoms with Crippen molar-refractivity contribution in [2.75, 3.05) is 13.1 Å². The molecule has 1 saturated heterocycles. The lowest BCUT2D eigenvalue weighted by molar-refractivity contribution is -0.0691. The van der Waals surface area contributed by atoms with Gasteiger partial charge in [-0.1, -0.05) is 0 Å². The van der Waals surface area contributed by atoms with Gasteiger partial charge in [0.2, 0.25) is 0 Å². The van der Waals surface area contributed by atoms with Gasteiger partial charge in [-0.15, -0.1) is 0 Å². The number of hydrogen-bond acceptors (Lipinski definition) is 4. The van der Waals surface area contributed by atoms with E-state index in [1.54, 1.807) is 28.5 Å². The van der Waals surface area contributed by atoms with Gasteiger partial charge in [0.25, 0.3) is 5.91 Å². The topological polar surface area (TPSA) is 69.1 Å². The van der Waals surface area contributed by atoms with Crippen LogP contribution in [0, 0.1) is 11.3 Å². The van der Waals surface area contributed by atoms with Crippen molar-refractivity contribution >= 4 is 17.2 Å². The van der Waals surface area contributed by atoms with Gasteiger partial charge in [0.05, 0.1) is 18.2 Å². The van der Waals surface area contributed by atoms with Gasteiger partial charge in [-0.3, -0.25) is 4.79 Å². The van der Waals surface area contributed by atoms with Crippen LogP contribution in [0.1, 0.15) is 34.6 Å². The molecule has 2 atom stereocenters. The fourth-order valence-electron chi connectivity index (χ4n) is 2.51. The van der Waals surface area contributed by atoms with E-state index >= 15 is 0 Å². The maximum Gasteiger partial charge on any atom is 0.270 e. The van der Waals surface area contributed by atoms with Crippen molar-refractivity contribution in [3.63, 3.8) is 0 Å². The van der Waals surface area contributed by atoms with Gasteiger partial charge in [-0.2, -0.15) is 16.6 Å². The van der Waals surface area contributed by atoms with Crippen LogP contribution in [-0.2, 0) is 4.74 Å². The molecule has 0 unspecified atom stereocenters. The third kappa shape index (κ3) is 2.84. The Bertz CT molecular complexity index is 671. The molecule has 1 aliphatic rings. The average molecular weight is 301 g/mol. The molecule has 2 aromatic heterocycles. The Labute approximate surface area is 126 Å². The summed E-state index contributed by atoms with van der Waals surface area (Å²) in [5.41, 5.74) is 2.02. The summed E-state index contributed by atoms with van der Waals surface area (Å²) in [6.07, 6.45) is 1.44. The fourth-order valence-corrected chi connectivity index (χ4v) is 3.21. The third-order valence-corrected chi connectivity index (χ3v) is 4.21. The maximum absolute atomic E-state index is 12.5. The number of hydrogen-bond donors (Lipinski definition) is 1. The molecule has 5 nitrogen and oxygen atoms in total. The number of carbonyl (C=O) groups is 1. The molecule has 6 heteroatoms. The van der Waals surface area contributed by atoms with Crippen LogP contribution in [0.3, 0.4) is 0 Å². The number of thiophene rings is 1. The molecule has 2 aromatic rings. The molecule has 3 rings (SSSR count). The highest BCUT2D eigenvalue weighted by atomic mass is 32.1. The minimum Gasteiger partial charge on any atom is -0.367 e. The summed E-state index contributed by atoms with van der Waals surface area (Å²) in [5.74, 6) is -0.0909. The molecule has 0 saturated carbocycles. The third-order valence-electron chi connectivity index (χ3n) is 3.50. The van der Waals surface area contributed by atoms with Crippen molar-refractivity contribution in [1.82, 2.24) is 9.88 Å². The van der Waals surface area contributed by atoms with E-state index in [9.17, 15) is 4.79 Å². The Kier molecular flexibility index (Phi) is 3.78. The Morgan fingerprint density at radius 1 is 1.57 bits per heavy atom. The zero-order valence-corrected chi connectivity index (χ0v) is 12.4. The molecule has 0 bridgehead atoms. The van der Waals surface area contributed by atoms with Crippen molar-refractivity contribution in [3.8, 4) is 6.07 Å². The second kappa shape index (κ2) is 5.72. The van der Waals surface area contributed by atoms with Crippen LogP contribution in [0.15, 0.2) is 29.1 Å². The van der Waals surface area contributed by atoms with Gasteiger partial charge in [0.1, 0.15) is 17.9 Å². The Hall–Kier alpha value is -2.10. The normalized spacial score (nSPS) is 22.0. The lowest BCUT2D eigenvalue weighted by Gasteiger charge is -2.36. The van der Waals surface area contributed by atoms with Crippen molar-refractivity contribution < 1.29 is 9.53 Å². The Morgan fingerprint density at radius 2 is 2.43 bits per heavy atom. The maximum atomic E-state index is 12.5. The van der Waals surface area contributed by atoms with E-state index in [1.807, 2.05) is 29.8 Å². The van der Waals surface area contributed by atoms with Crippen LogP contribution in [0.2, 0.25) is 0 Å². The molecule has 1 fully saturated rings. The number of nitrogens with one attached hydrogen (secondary N) is 1. The van der Waals surface area contributed by atoms with Crippen LogP contribution >= 0.6 is 11.3 Å². The molecule has 108 valence electrons. The molecule has 21 heavy (non-hydrogen) atoms. The van der Waals surface area contributed by atoms with Crippen molar-refractivity contribution in [2.45, 2.75) is 19.1 Å². The highest BCUT2D eigenvalue weighted by molar-refractivity contribution is 7.07. The summed E-state index contributed by atoms with van der Waals surface area (Å²) in [7, 11) is 0. The number of aromatic nitrogens is 1. The first-order valence-electron chi connectivity index (χ1n) is 6.72. The largest absolute Gasteiger partial charge is 0.367 e. The molecule has 1 aliphatic heterocycles. The molecule has 0 aromatic carbocycles. The smallest absolute Gasteiger partial charge is 0.270 e. The first-order chi connectivity index (χ1) is 10.2. The van der Waals surface area contributed by atoms with Crippen LogP contribution in [-0.4, -0.2) is 35.0 Å². The number of amides is 1. The average Bonchev–Trinajstić information content (AvgIpc) is 3.17. The van der Waals surface area contributed by atoms with Gasteiger partial charge in [-0.05, 0) is 35.4 Å². The van der Waals surface area contributed by atoms with E-state index in [2.05, 4.69) is 4.98 Å². The van der Waals surface area contributed by atoms with E-state index < -0.39 is 0 Å². The second-order valence-corrected chi connectivity index (χ2v) is 5.90. The van der Waals surface area contributed by atoms with E-state index in [1.165, 1.54) is 0 Å². The van der Waals surface area contributed by atoms with Gasteiger partial charge >= 0.3 is 0 Å². The van der Waals surface area contributed by atoms with E-state index in [4.69, 9.17) is 10.00 Å². The van der Waals surface area contributed by atoms with Crippen LogP contribution in [0.5, 0.6) is 0 Å². The summed E-state index contributed by atoms with van der Waals surface area (Å²) >= 11 is 1.62. The number of morpholine rings is 1. The van der Waals surface area contributed by atoms with E-state index in [-0.39, 0.29) is 18.1 Å². The zero-order chi connectivity index (χ0) is 14.8. The molecule has 0 radical (unpaired) electrons. The molecule has 0 spiro atoms. The fraction of sp³-hybridized carbons (Fsp3) is 0.333. The quantitative estimate of drug-likeness (QED) is 0.926. The van der Waals surface area contributed by atoms with Crippen LogP contribution < -0.4 is 0 Å².